The van der Waals surface area contributed by atoms with Crippen LogP contribution in [0.3, 0.4) is 0 Å². The first-order chi connectivity index (χ1) is 7.22. The van der Waals surface area contributed by atoms with E-state index in [1.807, 2.05) is 14.2 Å². The van der Waals surface area contributed by atoms with Gasteiger partial charge >= 0.3 is 9.28 Å². The lowest BCUT2D eigenvalue weighted by Crippen LogP contribution is -2.32. The Morgan fingerprint density at radius 1 is 1.13 bits per heavy atom. The predicted octanol–water partition coefficient (Wildman–Crippen LogP) is 3.11. The monoisotopic (exact) mass is 230 g/mol. The van der Waals surface area contributed by atoms with Gasteiger partial charge in [-0.3, -0.25) is 0 Å². The second-order valence-electron chi connectivity index (χ2n) is 4.93. The molecule has 0 spiro atoms. The van der Waals surface area contributed by atoms with Gasteiger partial charge in [0, 0.05) is 19.8 Å². The van der Waals surface area contributed by atoms with Crippen LogP contribution in [-0.2, 0) is 8.85 Å². The normalized spacial score (nSPS) is 29.4. The SMILES string of the molecule is CCC(C1CCC(C)CC1)[SiH](OC)OC. The molecule has 1 aliphatic carbocycles. The minimum atomic E-state index is -1.40. The zero-order chi connectivity index (χ0) is 11.3. The van der Waals surface area contributed by atoms with E-state index < -0.39 is 9.28 Å². The quantitative estimate of drug-likeness (QED) is 0.676. The van der Waals surface area contributed by atoms with Crippen LogP contribution in [0.1, 0.15) is 46.0 Å². The molecule has 2 nitrogen and oxygen atoms in total. The first-order valence-corrected chi connectivity index (χ1v) is 7.89. The van der Waals surface area contributed by atoms with E-state index >= 15 is 0 Å². The highest BCUT2D eigenvalue weighted by molar-refractivity contribution is 6.46. The van der Waals surface area contributed by atoms with E-state index in [1.165, 1.54) is 32.1 Å². The summed E-state index contributed by atoms with van der Waals surface area (Å²) in [6, 6.07) is 0. The zero-order valence-corrected chi connectivity index (χ0v) is 11.8. The second-order valence-corrected chi connectivity index (χ2v) is 7.47. The highest BCUT2D eigenvalue weighted by Gasteiger charge is 2.32. The molecule has 0 aromatic rings. The van der Waals surface area contributed by atoms with Crippen molar-refractivity contribution < 1.29 is 8.85 Å². The summed E-state index contributed by atoms with van der Waals surface area (Å²) in [7, 11) is 2.23. The van der Waals surface area contributed by atoms with Crippen molar-refractivity contribution in [3.8, 4) is 0 Å². The smallest absolute Gasteiger partial charge is 0.324 e. The predicted molar refractivity (Wildman–Crippen MR) is 66.3 cm³/mol. The third-order valence-electron chi connectivity index (χ3n) is 3.95. The van der Waals surface area contributed by atoms with E-state index in [-0.39, 0.29) is 0 Å². The number of rotatable bonds is 5. The van der Waals surface area contributed by atoms with E-state index in [0.717, 1.165) is 11.8 Å². The van der Waals surface area contributed by atoms with Gasteiger partial charge in [0.05, 0.1) is 0 Å². The molecule has 1 fully saturated rings. The molecule has 1 atom stereocenters. The molecular weight excluding hydrogens is 204 g/mol. The van der Waals surface area contributed by atoms with Gasteiger partial charge < -0.3 is 8.85 Å². The maximum atomic E-state index is 5.55. The topological polar surface area (TPSA) is 18.5 Å². The maximum absolute atomic E-state index is 5.55. The van der Waals surface area contributed by atoms with Crippen LogP contribution in [0.5, 0.6) is 0 Å². The van der Waals surface area contributed by atoms with Crippen molar-refractivity contribution in [2.45, 2.75) is 51.5 Å². The van der Waals surface area contributed by atoms with E-state index in [0.29, 0.717) is 5.54 Å². The summed E-state index contributed by atoms with van der Waals surface area (Å²) in [5.41, 5.74) is 0.715. The summed E-state index contributed by atoms with van der Waals surface area (Å²) in [6.07, 6.45) is 6.79. The van der Waals surface area contributed by atoms with Crippen LogP contribution >= 0.6 is 0 Å². The van der Waals surface area contributed by atoms with Crippen LogP contribution in [0, 0.1) is 11.8 Å². The van der Waals surface area contributed by atoms with Crippen molar-refractivity contribution in [2.75, 3.05) is 14.2 Å². The van der Waals surface area contributed by atoms with Gasteiger partial charge in [0.15, 0.2) is 0 Å². The maximum Gasteiger partial charge on any atom is 0.324 e. The Kier molecular flexibility index (Phi) is 5.86. The molecule has 0 aromatic heterocycles. The zero-order valence-electron chi connectivity index (χ0n) is 10.7. The molecule has 1 saturated carbocycles. The molecular formula is C12H26O2Si. The fraction of sp³-hybridized carbons (Fsp3) is 1.00. The van der Waals surface area contributed by atoms with Gasteiger partial charge in [-0.1, -0.05) is 46.0 Å². The van der Waals surface area contributed by atoms with Crippen LogP contribution < -0.4 is 0 Å². The van der Waals surface area contributed by atoms with Gasteiger partial charge in [0.2, 0.25) is 0 Å². The van der Waals surface area contributed by atoms with Crippen LogP contribution in [0.15, 0.2) is 0 Å². The first-order valence-electron chi connectivity index (χ1n) is 6.28. The van der Waals surface area contributed by atoms with Crippen molar-refractivity contribution in [1.29, 1.82) is 0 Å². The Morgan fingerprint density at radius 3 is 2.07 bits per heavy atom. The van der Waals surface area contributed by atoms with Gasteiger partial charge in [0.1, 0.15) is 0 Å². The van der Waals surface area contributed by atoms with Crippen molar-refractivity contribution in [3.63, 3.8) is 0 Å². The highest BCUT2D eigenvalue weighted by atomic mass is 28.3. The Bertz CT molecular complexity index is 163. The Hall–Kier alpha value is 0.137. The molecule has 1 unspecified atom stereocenters. The molecule has 90 valence electrons. The van der Waals surface area contributed by atoms with Gasteiger partial charge in [0.25, 0.3) is 0 Å². The molecule has 0 N–H and O–H groups in total. The molecule has 1 aliphatic rings. The fourth-order valence-corrected chi connectivity index (χ4v) is 5.01. The van der Waals surface area contributed by atoms with Crippen LogP contribution in [-0.4, -0.2) is 23.5 Å². The average molecular weight is 230 g/mol. The lowest BCUT2D eigenvalue weighted by atomic mass is 9.81. The first kappa shape index (κ1) is 13.2. The van der Waals surface area contributed by atoms with E-state index in [4.69, 9.17) is 8.85 Å². The number of hydrogen-bond acceptors (Lipinski definition) is 2. The molecule has 0 aromatic carbocycles. The Labute approximate surface area is 96.2 Å². The van der Waals surface area contributed by atoms with E-state index in [2.05, 4.69) is 13.8 Å². The summed E-state index contributed by atoms with van der Waals surface area (Å²) in [5.74, 6) is 1.80. The van der Waals surface area contributed by atoms with Crippen molar-refractivity contribution in [1.82, 2.24) is 0 Å². The highest BCUT2D eigenvalue weighted by Crippen LogP contribution is 2.39. The third-order valence-corrected chi connectivity index (χ3v) is 6.60. The lowest BCUT2D eigenvalue weighted by Gasteiger charge is -2.34. The van der Waals surface area contributed by atoms with Crippen molar-refractivity contribution in [2.24, 2.45) is 11.8 Å². The van der Waals surface area contributed by atoms with Gasteiger partial charge in [-0.05, 0) is 11.8 Å². The largest absolute Gasteiger partial charge is 0.400 e. The Morgan fingerprint density at radius 2 is 1.67 bits per heavy atom. The third kappa shape index (κ3) is 3.57. The van der Waals surface area contributed by atoms with E-state index in [9.17, 15) is 0 Å². The standard InChI is InChI=1S/C12H26O2Si/c1-5-12(15(13-3)14-4)11-8-6-10(2)7-9-11/h10-12,15H,5-9H2,1-4H3. The molecule has 0 saturated heterocycles. The Balaban J connectivity index is 2.50. The van der Waals surface area contributed by atoms with Crippen LogP contribution in [0.2, 0.25) is 5.54 Å². The summed E-state index contributed by atoms with van der Waals surface area (Å²) in [4.78, 5) is 0. The lowest BCUT2D eigenvalue weighted by molar-refractivity contribution is 0.214. The van der Waals surface area contributed by atoms with Gasteiger partial charge in [-0.15, -0.1) is 0 Å². The molecule has 0 bridgehead atoms. The van der Waals surface area contributed by atoms with Crippen molar-refractivity contribution in [3.05, 3.63) is 0 Å². The van der Waals surface area contributed by atoms with Crippen molar-refractivity contribution >= 4 is 9.28 Å². The second kappa shape index (κ2) is 6.66. The minimum absolute atomic E-state index is 0.715. The van der Waals surface area contributed by atoms with Crippen LogP contribution in [0.25, 0.3) is 0 Å². The summed E-state index contributed by atoms with van der Waals surface area (Å²) in [5, 5.41) is 0. The molecule has 15 heavy (non-hydrogen) atoms. The van der Waals surface area contributed by atoms with Crippen LogP contribution in [0.4, 0.5) is 0 Å². The number of hydrogen-bond donors (Lipinski definition) is 0. The molecule has 0 radical (unpaired) electrons. The molecule has 0 aliphatic heterocycles. The summed E-state index contributed by atoms with van der Waals surface area (Å²) in [6.45, 7) is 4.65. The summed E-state index contributed by atoms with van der Waals surface area (Å²) >= 11 is 0. The fourth-order valence-electron chi connectivity index (χ4n) is 2.91. The average Bonchev–Trinajstić information content (AvgIpc) is 2.27. The molecule has 1 rings (SSSR count). The van der Waals surface area contributed by atoms with Gasteiger partial charge in [-0.25, -0.2) is 0 Å². The minimum Gasteiger partial charge on any atom is -0.400 e. The molecule has 3 heteroatoms. The molecule has 0 amide bonds. The summed E-state index contributed by atoms with van der Waals surface area (Å²) < 4.78 is 11.1. The van der Waals surface area contributed by atoms with E-state index in [1.54, 1.807) is 0 Å². The van der Waals surface area contributed by atoms with Gasteiger partial charge in [-0.2, -0.15) is 0 Å². The molecule has 0 heterocycles.